The second-order valence-electron chi connectivity index (χ2n) is 3.93. The van der Waals surface area contributed by atoms with Crippen LogP contribution in [-0.4, -0.2) is 23.8 Å². The van der Waals surface area contributed by atoms with Crippen molar-refractivity contribution in [3.8, 4) is 0 Å². The van der Waals surface area contributed by atoms with Gasteiger partial charge < -0.3 is 15.2 Å². The summed E-state index contributed by atoms with van der Waals surface area (Å²) in [6.07, 6.45) is 1.81. The molecule has 4 heteroatoms. The molecule has 0 aromatic heterocycles. The number of aliphatic hydroxyl groups is 1. The highest BCUT2D eigenvalue weighted by Gasteiger charge is 2.02. The minimum Gasteiger partial charge on any atom is -0.445 e. The molecule has 0 saturated heterocycles. The molecule has 1 rings (SSSR count). The first kappa shape index (κ1) is 14.3. The van der Waals surface area contributed by atoms with E-state index in [-0.39, 0.29) is 6.61 Å². The van der Waals surface area contributed by atoms with Crippen molar-refractivity contribution < 1.29 is 14.6 Å². The molecule has 2 N–H and O–H groups in total. The predicted molar refractivity (Wildman–Crippen MR) is 70.1 cm³/mol. The van der Waals surface area contributed by atoms with Crippen molar-refractivity contribution in [2.75, 3.05) is 6.54 Å². The fourth-order valence-electron chi connectivity index (χ4n) is 1.39. The third kappa shape index (κ3) is 6.06. The van der Waals surface area contributed by atoms with E-state index in [0.717, 1.165) is 5.56 Å². The average Bonchev–Trinajstić information content (AvgIpc) is 2.42. The molecule has 0 spiro atoms. The van der Waals surface area contributed by atoms with Crippen molar-refractivity contribution in [3.05, 3.63) is 48.6 Å². The molecule has 1 atom stereocenters. The van der Waals surface area contributed by atoms with E-state index in [2.05, 4.69) is 11.9 Å². The largest absolute Gasteiger partial charge is 0.445 e. The van der Waals surface area contributed by atoms with Crippen LogP contribution in [0.25, 0.3) is 0 Å². The lowest BCUT2D eigenvalue weighted by Crippen LogP contribution is -2.25. The van der Waals surface area contributed by atoms with E-state index in [1.165, 1.54) is 6.08 Å². The highest BCUT2D eigenvalue weighted by molar-refractivity contribution is 5.67. The van der Waals surface area contributed by atoms with Gasteiger partial charge in [0.2, 0.25) is 0 Å². The summed E-state index contributed by atoms with van der Waals surface area (Å²) < 4.78 is 5.03. The Balaban J connectivity index is 2.09. The first-order chi connectivity index (χ1) is 8.72. The number of hydrogen-bond acceptors (Lipinski definition) is 3. The molecular formula is C14H19NO3. The lowest BCUT2D eigenvalue weighted by Gasteiger charge is -2.08. The van der Waals surface area contributed by atoms with Crippen molar-refractivity contribution >= 4 is 6.09 Å². The highest BCUT2D eigenvalue weighted by atomic mass is 16.5. The lowest BCUT2D eigenvalue weighted by atomic mass is 10.2. The lowest BCUT2D eigenvalue weighted by molar-refractivity contribution is 0.138. The van der Waals surface area contributed by atoms with Gasteiger partial charge in [0.1, 0.15) is 6.61 Å². The van der Waals surface area contributed by atoms with E-state index in [0.29, 0.717) is 19.4 Å². The Kier molecular flexibility index (Phi) is 6.58. The minimum absolute atomic E-state index is 0.266. The zero-order valence-corrected chi connectivity index (χ0v) is 10.3. The van der Waals surface area contributed by atoms with Crippen LogP contribution in [0, 0.1) is 0 Å². The van der Waals surface area contributed by atoms with Gasteiger partial charge in [-0.05, 0) is 18.4 Å². The van der Waals surface area contributed by atoms with Gasteiger partial charge in [-0.2, -0.15) is 0 Å². The molecule has 4 nitrogen and oxygen atoms in total. The van der Waals surface area contributed by atoms with Gasteiger partial charge in [-0.3, -0.25) is 0 Å². The molecule has 0 aliphatic rings. The standard InChI is InChI=1S/C14H19NO3/c1-2-13(16)9-6-10-15-14(17)18-11-12-7-4-3-5-8-12/h2-5,7-8,13,16H,1,6,9-11H2,(H,15,17)/t13-/m0/s1. The van der Waals surface area contributed by atoms with Gasteiger partial charge in [0, 0.05) is 6.54 Å². The number of aliphatic hydroxyl groups excluding tert-OH is 1. The van der Waals surface area contributed by atoms with E-state index in [4.69, 9.17) is 4.74 Å². The van der Waals surface area contributed by atoms with E-state index >= 15 is 0 Å². The maximum absolute atomic E-state index is 11.3. The van der Waals surface area contributed by atoms with Crippen LogP contribution in [0.3, 0.4) is 0 Å². The van der Waals surface area contributed by atoms with Gasteiger partial charge in [-0.1, -0.05) is 36.4 Å². The molecule has 0 bridgehead atoms. The summed E-state index contributed by atoms with van der Waals surface area (Å²) in [7, 11) is 0. The summed E-state index contributed by atoms with van der Waals surface area (Å²) in [5.74, 6) is 0. The molecule has 1 aromatic rings. The first-order valence-electron chi connectivity index (χ1n) is 5.97. The smallest absolute Gasteiger partial charge is 0.407 e. The van der Waals surface area contributed by atoms with Crippen LogP contribution in [0.5, 0.6) is 0 Å². The zero-order chi connectivity index (χ0) is 13.2. The summed E-state index contributed by atoms with van der Waals surface area (Å²) in [6, 6.07) is 9.50. The van der Waals surface area contributed by atoms with Crippen LogP contribution in [-0.2, 0) is 11.3 Å². The monoisotopic (exact) mass is 249 g/mol. The Morgan fingerprint density at radius 3 is 2.83 bits per heavy atom. The fourth-order valence-corrected chi connectivity index (χ4v) is 1.39. The maximum Gasteiger partial charge on any atom is 0.407 e. The van der Waals surface area contributed by atoms with Crippen LogP contribution in [0.4, 0.5) is 4.79 Å². The molecule has 0 saturated carbocycles. The van der Waals surface area contributed by atoms with Crippen molar-refractivity contribution in [2.24, 2.45) is 0 Å². The maximum atomic E-state index is 11.3. The molecule has 18 heavy (non-hydrogen) atoms. The van der Waals surface area contributed by atoms with Crippen LogP contribution in [0.2, 0.25) is 0 Å². The topological polar surface area (TPSA) is 58.6 Å². The first-order valence-corrected chi connectivity index (χ1v) is 5.97. The zero-order valence-electron chi connectivity index (χ0n) is 10.3. The Morgan fingerprint density at radius 2 is 2.17 bits per heavy atom. The molecule has 0 aliphatic heterocycles. The number of benzene rings is 1. The van der Waals surface area contributed by atoms with Crippen LogP contribution in [0.15, 0.2) is 43.0 Å². The Bertz CT molecular complexity index is 365. The number of ether oxygens (including phenoxy) is 1. The highest BCUT2D eigenvalue weighted by Crippen LogP contribution is 2.01. The molecule has 0 aliphatic carbocycles. The number of carbonyl (C=O) groups is 1. The average molecular weight is 249 g/mol. The number of carbonyl (C=O) groups excluding carboxylic acids is 1. The Labute approximate surface area is 107 Å². The molecule has 98 valence electrons. The van der Waals surface area contributed by atoms with Gasteiger partial charge in [-0.25, -0.2) is 4.79 Å². The summed E-state index contributed by atoms with van der Waals surface area (Å²) in [5, 5.41) is 11.8. The van der Waals surface area contributed by atoms with E-state index in [1.807, 2.05) is 30.3 Å². The van der Waals surface area contributed by atoms with Gasteiger partial charge in [0.05, 0.1) is 6.10 Å². The number of nitrogens with one attached hydrogen (secondary N) is 1. The second kappa shape index (κ2) is 8.31. The quantitative estimate of drug-likeness (QED) is 0.575. The minimum atomic E-state index is -0.507. The number of alkyl carbamates (subject to hydrolysis) is 1. The summed E-state index contributed by atoms with van der Waals surface area (Å²) in [6.45, 7) is 4.23. The SMILES string of the molecule is C=C[C@H](O)CCCNC(=O)OCc1ccccc1. The predicted octanol–water partition coefficient (Wildman–Crippen LogP) is 2.24. The third-order valence-electron chi connectivity index (χ3n) is 2.43. The Morgan fingerprint density at radius 1 is 1.44 bits per heavy atom. The summed E-state index contributed by atoms with van der Waals surface area (Å²) >= 11 is 0. The molecule has 1 aromatic carbocycles. The van der Waals surface area contributed by atoms with Crippen molar-refractivity contribution in [1.29, 1.82) is 0 Å². The Hall–Kier alpha value is -1.81. The van der Waals surface area contributed by atoms with Crippen molar-refractivity contribution in [1.82, 2.24) is 5.32 Å². The number of rotatable bonds is 7. The molecule has 1 amide bonds. The fraction of sp³-hybridized carbons (Fsp3) is 0.357. The number of amides is 1. The van der Waals surface area contributed by atoms with Gasteiger partial charge >= 0.3 is 6.09 Å². The normalized spacial score (nSPS) is 11.6. The van der Waals surface area contributed by atoms with E-state index in [1.54, 1.807) is 0 Å². The second-order valence-corrected chi connectivity index (χ2v) is 3.93. The molecule has 0 unspecified atom stereocenters. The molecule has 0 radical (unpaired) electrons. The molecule has 0 fully saturated rings. The number of hydrogen-bond donors (Lipinski definition) is 2. The van der Waals surface area contributed by atoms with Crippen LogP contribution < -0.4 is 5.32 Å². The van der Waals surface area contributed by atoms with Crippen molar-refractivity contribution in [2.45, 2.75) is 25.6 Å². The van der Waals surface area contributed by atoms with Gasteiger partial charge in [0.25, 0.3) is 0 Å². The van der Waals surface area contributed by atoms with Crippen molar-refractivity contribution in [3.63, 3.8) is 0 Å². The summed E-state index contributed by atoms with van der Waals surface area (Å²) in [4.78, 5) is 11.3. The van der Waals surface area contributed by atoms with Crippen LogP contribution >= 0.6 is 0 Å². The van der Waals surface area contributed by atoms with E-state index in [9.17, 15) is 9.90 Å². The summed E-state index contributed by atoms with van der Waals surface area (Å²) in [5.41, 5.74) is 0.953. The third-order valence-corrected chi connectivity index (χ3v) is 2.43. The van der Waals surface area contributed by atoms with Gasteiger partial charge in [0.15, 0.2) is 0 Å². The van der Waals surface area contributed by atoms with E-state index < -0.39 is 12.2 Å². The van der Waals surface area contributed by atoms with Crippen LogP contribution in [0.1, 0.15) is 18.4 Å². The molecule has 0 heterocycles. The van der Waals surface area contributed by atoms with Gasteiger partial charge in [-0.15, -0.1) is 6.58 Å². The molecular weight excluding hydrogens is 230 g/mol.